The molecule has 2 rings (SSSR count). The van der Waals surface area contributed by atoms with Gasteiger partial charge < -0.3 is 20.4 Å². The first-order valence-corrected chi connectivity index (χ1v) is 12.2. The smallest absolute Gasteiger partial charge is 0.191 e. The maximum atomic E-state index is 4.42. The molecule has 1 saturated heterocycles. The lowest BCUT2D eigenvalue weighted by Crippen LogP contribution is -2.48. The first-order valence-electron chi connectivity index (χ1n) is 12.2. The van der Waals surface area contributed by atoms with Gasteiger partial charge in [-0.2, -0.15) is 0 Å². The summed E-state index contributed by atoms with van der Waals surface area (Å²) >= 11 is 0. The molecule has 31 heavy (non-hydrogen) atoms. The van der Waals surface area contributed by atoms with E-state index in [0.717, 1.165) is 64.6 Å². The Balaban J connectivity index is 1.70. The van der Waals surface area contributed by atoms with Crippen LogP contribution in [0.2, 0.25) is 0 Å². The van der Waals surface area contributed by atoms with E-state index < -0.39 is 0 Å². The molecule has 6 nitrogen and oxygen atoms in total. The van der Waals surface area contributed by atoms with Gasteiger partial charge in [0.25, 0.3) is 0 Å². The molecule has 0 saturated carbocycles. The second-order valence-corrected chi connectivity index (χ2v) is 8.79. The van der Waals surface area contributed by atoms with E-state index in [2.05, 4.69) is 88.5 Å². The Bertz CT molecular complexity index is 616. The van der Waals surface area contributed by atoms with Crippen molar-refractivity contribution in [1.82, 2.24) is 25.3 Å². The molecular formula is C25H46N6. The molecule has 1 aliphatic heterocycles. The predicted molar refractivity (Wildman–Crippen MR) is 134 cm³/mol. The molecule has 2 unspecified atom stereocenters. The second kappa shape index (κ2) is 14.4. The number of piperazine rings is 1. The third-order valence-corrected chi connectivity index (χ3v) is 6.41. The Hall–Kier alpha value is -1.63. The maximum Gasteiger partial charge on any atom is 0.191 e. The third-order valence-electron chi connectivity index (χ3n) is 6.41. The van der Waals surface area contributed by atoms with E-state index >= 15 is 0 Å². The second-order valence-electron chi connectivity index (χ2n) is 8.79. The molecule has 0 aromatic heterocycles. The van der Waals surface area contributed by atoms with Crippen LogP contribution in [-0.2, 0) is 0 Å². The summed E-state index contributed by atoms with van der Waals surface area (Å²) in [6, 6.07) is 11.9. The zero-order valence-electron chi connectivity index (χ0n) is 20.6. The molecular weight excluding hydrogens is 384 g/mol. The van der Waals surface area contributed by atoms with E-state index in [9.17, 15) is 0 Å². The van der Waals surface area contributed by atoms with Crippen LogP contribution in [0, 0.1) is 0 Å². The number of rotatable bonds is 12. The molecule has 1 aromatic carbocycles. The average molecular weight is 431 g/mol. The Morgan fingerprint density at radius 2 is 1.90 bits per heavy atom. The molecule has 1 fully saturated rings. The number of hydrogen-bond acceptors (Lipinski definition) is 4. The first kappa shape index (κ1) is 25.6. The van der Waals surface area contributed by atoms with Crippen LogP contribution in [-0.4, -0.2) is 93.2 Å². The summed E-state index contributed by atoms with van der Waals surface area (Å²) in [6.07, 6.45) is 3.50. The van der Waals surface area contributed by atoms with Crippen LogP contribution >= 0.6 is 0 Å². The van der Waals surface area contributed by atoms with Crippen molar-refractivity contribution < 1.29 is 0 Å². The molecule has 1 heterocycles. The standard InChI is InChI=1S/C25H46N6/c1-6-30(7-2)17-11-13-22(3)28-25(26-4)27-16-12-18-31-20-19-29(5)21-24(31)23-14-9-8-10-15-23/h8-10,14-15,22,24H,6-7,11-13,16-21H2,1-5H3,(H2,26,27,28). The van der Waals surface area contributed by atoms with Gasteiger partial charge in [0.15, 0.2) is 5.96 Å². The van der Waals surface area contributed by atoms with Crippen LogP contribution in [0.4, 0.5) is 0 Å². The monoisotopic (exact) mass is 430 g/mol. The lowest BCUT2D eigenvalue weighted by molar-refractivity contribution is 0.0891. The molecule has 0 amide bonds. The highest BCUT2D eigenvalue weighted by Crippen LogP contribution is 2.24. The van der Waals surface area contributed by atoms with Crippen molar-refractivity contribution in [2.75, 3.05) is 66.5 Å². The van der Waals surface area contributed by atoms with Gasteiger partial charge in [-0.05, 0) is 58.4 Å². The molecule has 0 radical (unpaired) electrons. The normalized spacial score (nSPS) is 19.5. The Labute approximate surface area is 191 Å². The SMILES string of the molecule is CCN(CC)CCCC(C)NC(=NC)NCCCN1CCN(C)CC1c1ccccc1. The van der Waals surface area contributed by atoms with E-state index in [1.807, 2.05) is 7.05 Å². The molecule has 6 heteroatoms. The Morgan fingerprint density at radius 3 is 2.58 bits per heavy atom. The highest BCUT2D eigenvalue weighted by molar-refractivity contribution is 5.79. The number of nitrogens with one attached hydrogen (secondary N) is 2. The highest BCUT2D eigenvalue weighted by atomic mass is 15.3. The summed E-state index contributed by atoms with van der Waals surface area (Å²) in [5, 5.41) is 7.07. The molecule has 176 valence electrons. The fourth-order valence-corrected chi connectivity index (χ4v) is 4.37. The van der Waals surface area contributed by atoms with E-state index in [0.29, 0.717) is 12.1 Å². The average Bonchev–Trinajstić information content (AvgIpc) is 2.80. The summed E-state index contributed by atoms with van der Waals surface area (Å²) in [6.45, 7) is 15.6. The van der Waals surface area contributed by atoms with Gasteiger partial charge in [-0.1, -0.05) is 44.2 Å². The number of aliphatic imine (C=N–C) groups is 1. The number of benzene rings is 1. The Kier molecular flexibility index (Phi) is 11.9. The van der Waals surface area contributed by atoms with Crippen LogP contribution in [0.25, 0.3) is 0 Å². The van der Waals surface area contributed by atoms with Crippen molar-refractivity contribution in [3.05, 3.63) is 35.9 Å². The van der Waals surface area contributed by atoms with Crippen LogP contribution in [0.15, 0.2) is 35.3 Å². The number of hydrogen-bond donors (Lipinski definition) is 2. The maximum absolute atomic E-state index is 4.42. The molecule has 0 bridgehead atoms. The van der Waals surface area contributed by atoms with Gasteiger partial charge in [0, 0.05) is 51.9 Å². The number of likely N-dealkylation sites (N-methyl/N-ethyl adjacent to an activating group) is 1. The topological polar surface area (TPSA) is 46.1 Å². The van der Waals surface area contributed by atoms with Crippen molar-refractivity contribution >= 4 is 5.96 Å². The van der Waals surface area contributed by atoms with E-state index in [-0.39, 0.29) is 0 Å². The highest BCUT2D eigenvalue weighted by Gasteiger charge is 2.25. The van der Waals surface area contributed by atoms with Crippen molar-refractivity contribution in [3.8, 4) is 0 Å². The van der Waals surface area contributed by atoms with Gasteiger partial charge in [-0.15, -0.1) is 0 Å². The largest absolute Gasteiger partial charge is 0.356 e. The number of guanidine groups is 1. The molecule has 1 aromatic rings. The molecule has 0 spiro atoms. The zero-order chi connectivity index (χ0) is 22.5. The van der Waals surface area contributed by atoms with Gasteiger partial charge in [0.2, 0.25) is 0 Å². The minimum absolute atomic E-state index is 0.432. The van der Waals surface area contributed by atoms with Crippen LogP contribution in [0.1, 0.15) is 51.6 Å². The van der Waals surface area contributed by atoms with Gasteiger partial charge in [-0.25, -0.2) is 0 Å². The predicted octanol–water partition coefficient (Wildman–Crippen LogP) is 3.04. The number of nitrogens with zero attached hydrogens (tertiary/aromatic N) is 4. The van der Waals surface area contributed by atoms with Gasteiger partial charge in [-0.3, -0.25) is 9.89 Å². The summed E-state index contributed by atoms with van der Waals surface area (Å²) in [7, 11) is 4.09. The fourth-order valence-electron chi connectivity index (χ4n) is 4.37. The first-order chi connectivity index (χ1) is 15.1. The van der Waals surface area contributed by atoms with Crippen molar-refractivity contribution in [3.63, 3.8) is 0 Å². The summed E-state index contributed by atoms with van der Waals surface area (Å²) in [5.41, 5.74) is 1.43. The fraction of sp³-hybridized carbons (Fsp3) is 0.720. The molecule has 2 N–H and O–H groups in total. The summed E-state index contributed by atoms with van der Waals surface area (Å²) in [4.78, 5) is 12.0. The van der Waals surface area contributed by atoms with Crippen molar-refractivity contribution in [2.24, 2.45) is 4.99 Å². The van der Waals surface area contributed by atoms with E-state index in [1.165, 1.54) is 18.5 Å². The lowest BCUT2D eigenvalue weighted by atomic mass is 10.0. The van der Waals surface area contributed by atoms with Crippen LogP contribution < -0.4 is 10.6 Å². The van der Waals surface area contributed by atoms with Gasteiger partial charge in [0.05, 0.1) is 0 Å². The summed E-state index contributed by atoms with van der Waals surface area (Å²) < 4.78 is 0. The van der Waals surface area contributed by atoms with E-state index in [4.69, 9.17) is 0 Å². The van der Waals surface area contributed by atoms with Crippen LogP contribution in [0.3, 0.4) is 0 Å². The minimum Gasteiger partial charge on any atom is -0.356 e. The quantitative estimate of drug-likeness (QED) is 0.303. The Morgan fingerprint density at radius 1 is 1.16 bits per heavy atom. The van der Waals surface area contributed by atoms with Crippen molar-refractivity contribution in [2.45, 2.75) is 52.1 Å². The van der Waals surface area contributed by atoms with E-state index in [1.54, 1.807) is 0 Å². The van der Waals surface area contributed by atoms with Crippen LogP contribution in [0.5, 0.6) is 0 Å². The zero-order valence-corrected chi connectivity index (χ0v) is 20.6. The minimum atomic E-state index is 0.432. The molecule has 2 atom stereocenters. The molecule has 0 aliphatic carbocycles. The third kappa shape index (κ3) is 9.17. The van der Waals surface area contributed by atoms with Gasteiger partial charge in [0.1, 0.15) is 0 Å². The lowest BCUT2D eigenvalue weighted by Gasteiger charge is -2.40. The van der Waals surface area contributed by atoms with Gasteiger partial charge >= 0.3 is 0 Å². The van der Waals surface area contributed by atoms with Crippen molar-refractivity contribution in [1.29, 1.82) is 0 Å². The molecule has 1 aliphatic rings. The summed E-state index contributed by atoms with van der Waals surface area (Å²) in [5.74, 6) is 0.924.